The lowest BCUT2D eigenvalue weighted by Crippen LogP contribution is -2.39. The summed E-state index contributed by atoms with van der Waals surface area (Å²) in [5, 5.41) is 8.68. The fraction of sp³-hybridized carbons (Fsp3) is 0.556. The zero-order chi connectivity index (χ0) is 18.1. The van der Waals surface area contributed by atoms with Crippen molar-refractivity contribution in [2.24, 2.45) is 11.1 Å². The Morgan fingerprint density at radius 2 is 1.96 bits per heavy atom. The van der Waals surface area contributed by atoms with Crippen LogP contribution < -0.4 is 11.2 Å². The van der Waals surface area contributed by atoms with Crippen molar-refractivity contribution in [1.29, 1.82) is 0 Å². The molecule has 0 spiro atoms. The molecule has 0 aliphatic rings. The van der Waals surface area contributed by atoms with Gasteiger partial charge < -0.3 is 10.3 Å². The average molecular weight is 332 g/mol. The normalized spacial score (nSPS) is 13.3. The standard InChI is InChI=1S/C18H28N4O2/c1-11-8-14-15(9-12(11)2)22(10-18(3,4)5)16(20-14)7-6-13(19)17(23)21-24/h8-9,13,24H,6-7,10,19H2,1-5H3,(H,21,23)/t13-/m0/s1. The zero-order valence-electron chi connectivity index (χ0n) is 15.2. The second-order valence-electron chi connectivity index (χ2n) is 7.72. The van der Waals surface area contributed by atoms with E-state index >= 15 is 0 Å². The van der Waals surface area contributed by atoms with Crippen LogP contribution in [0, 0.1) is 19.3 Å². The van der Waals surface area contributed by atoms with Gasteiger partial charge in [-0.05, 0) is 48.9 Å². The molecule has 0 bridgehead atoms. The molecule has 0 aliphatic heterocycles. The number of fused-ring (bicyclic) bond motifs is 1. The molecule has 0 unspecified atom stereocenters. The van der Waals surface area contributed by atoms with Gasteiger partial charge >= 0.3 is 0 Å². The van der Waals surface area contributed by atoms with Gasteiger partial charge in [-0.15, -0.1) is 0 Å². The molecule has 0 saturated heterocycles. The van der Waals surface area contributed by atoms with Crippen LogP contribution in [-0.4, -0.2) is 26.7 Å². The Hall–Kier alpha value is -1.92. The van der Waals surface area contributed by atoms with Crippen LogP contribution in [0.2, 0.25) is 0 Å². The Bertz CT molecular complexity index is 744. The Labute approximate surface area is 143 Å². The minimum atomic E-state index is -0.749. The van der Waals surface area contributed by atoms with E-state index in [1.54, 1.807) is 5.48 Å². The third-order valence-corrected chi connectivity index (χ3v) is 4.20. The van der Waals surface area contributed by atoms with E-state index in [4.69, 9.17) is 15.9 Å². The minimum Gasteiger partial charge on any atom is -0.327 e. The van der Waals surface area contributed by atoms with Crippen LogP contribution in [-0.2, 0) is 17.8 Å². The summed E-state index contributed by atoms with van der Waals surface area (Å²) in [5.74, 6) is 0.353. The number of carbonyl (C=O) groups is 1. The molecule has 0 radical (unpaired) electrons. The molecule has 1 amide bonds. The molecule has 1 aromatic heterocycles. The molecule has 0 saturated carbocycles. The van der Waals surface area contributed by atoms with Gasteiger partial charge in [-0.25, -0.2) is 10.5 Å². The molecule has 2 aromatic rings. The first-order valence-corrected chi connectivity index (χ1v) is 8.28. The molecule has 24 heavy (non-hydrogen) atoms. The van der Waals surface area contributed by atoms with Crippen molar-refractivity contribution in [2.45, 2.75) is 60.0 Å². The number of carbonyl (C=O) groups excluding carboxylic acids is 1. The van der Waals surface area contributed by atoms with E-state index in [2.05, 4.69) is 51.3 Å². The summed E-state index contributed by atoms with van der Waals surface area (Å²) in [5.41, 5.74) is 12.0. The second kappa shape index (κ2) is 6.91. The largest absolute Gasteiger partial charge is 0.327 e. The number of hydrogen-bond donors (Lipinski definition) is 3. The van der Waals surface area contributed by atoms with Crippen molar-refractivity contribution < 1.29 is 10.0 Å². The number of hydroxylamine groups is 1. The fourth-order valence-electron chi connectivity index (χ4n) is 2.77. The highest BCUT2D eigenvalue weighted by atomic mass is 16.5. The van der Waals surface area contributed by atoms with Crippen LogP contribution >= 0.6 is 0 Å². The molecular weight excluding hydrogens is 304 g/mol. The van der Waals surface area contributed by atoms with Crippen LogP contribution in [0.1, 0.15) is 44.1 Å². The number of rotatable bonds is 5. The van der Waals surface area contributed by atoms with Crippen molar-refractivity contribution in [2.75, 3.05) is 0 Å². The highest BCUT2D eigenvalue weighted by molar-refractivity contribution is 5.80. The number of benzene rings is 1. The molecule has 4 N–H and O–H groups in total. The maximum absolute atomic E-state index is 11.4. The Morgan fingerprint density at radius 3 is 2.54 bits per heavy atom. The van der Waals surface area contributed by atoms with E-state index in [-0.39, 0.29) is 5.41 Å². The number of aromatic nitrogens is 2. The van der Waals surface area contributed by atoms with Crippen LogP contribution in [0.25, 0.3) is 11.0 Å². The predicted octanol–water partition coefficient (Wildman–Crippen LogP) is 2.46. The van der Waals surface area contributed by atoms with Gasteiger partial charge in [-0.2, -0.15) is 0 Å². The number of imidazole rings is 1. The summed E-state index contributed by atoms with van der Waals surface area (Å²) < 4.78 is 2.23. The number of nitrogens with zero attached hydrogens (tertiary/aromatic N) is 2. The third-order valence-electron chi connectivity index (χ3n) is 4.20. The first-order chi connectivity index (χ1) is 11.1. The molecule has 0 fully saturated rings. The summed E-state index contributed by atoms with van der Waals surface area (Å²) >= 11 is 0. The van der Waals surface area contributed by atoms with E-state index in [1.165, 1.54) is 11.1 Å². The van der Waals surface area contributed by atoms with Crippen LogP contribution in [0.15, 0.2) is 12.1 Å². The number of amides is 1. The summed E-state index contributed by atoms with van der Waals surface area (Å²) in [7, 11) is 0. The van der Waals surface area contributed by atoms with E-state index < -0.39 is 11.9 Å². The highest BCUT2D eigenvalue weighted by Crippen LogP contribution is 2.26. The lowest BCUT2D eigenvalue weighted by atomic mass is 9.96. The van der Waals surface area contributed by atoms with E-state index in [9.17, 15) is 4.79 Å². The van der Waals surface area contributed by atoms with Crippen molar-refractivity contribution in [1.82, 2.24) is 15.0 Å². The van der Waals surface area contributed by atoms with Crippen molar-refractivity contribution in [3.63, 3.8) is 0 Å². The van der Waals surface area contributed by atoms with Crippen molar-refractivity contribution in [3.8, 4) is 0 Å². The van der Waals surface area contributed by atoms with Gasteiger partial charge in [0.1, 0.15) is 5.82 Å². The van der Waals surface area contributed by atoms with Gasteiger partial charge in [0, 0.05) is 13.0 Å². The van der Waals surface area contributed by atoms with Crippen LogP contribution in [0.3, 0.4) is 0 Å². The van der Waals surface area contributed by atoms with Gasteiger partial charge in [0.05, 0.1) is 17.1 Å². The topological polar surface area (TPSA) is 93.2 Å². The SMILES string of the molecule is Cc1cc2nc(CC[C@H](N)C(=O)NO)n(CC(C)(C)C)c2cc1C. The summed E-state index contributed by atoms with van der Waals surface area (Å²) in [4.78, 5) is 16.2. The molecule has 132 valence electrons. The monoisotopic (exact) mass is 332 g/mol. The molecular formula is C18H28N4O2. The van der Waals surface area contributed by atoms with E-state index in [0.29, 0.717) is 12.8 Å². The molecule has 6 nitrogen and oxygen atoms in total. The van der Waals surface area contributed by atoms with E-state index in [0.717, 1.165) is 23.4 Å². The Morgan fingerprint density at radius 1 is 1.33 bits per heavy atom. The van der Waals surface area contributed by atoms with Crippen molar-refractivity contribution in [3.05, 3.63) is 29.1 Å². The first kappa shape index (κ1) is 18.4. The summed E-state index contributed by atoms with van der Waals surface area (Å²) in [6.45, 7) is 11.6. The Balaban J connectivity index is 2.40. The van der Waals surface area contributed by atoms with Gasteiger partial charge in [0.25, 0.3) is 5.91 Å². The minimum absolute atomic E-state index is 0.103. The fourth-order valence-corrected chi connectivity index (χ4v) is 2.77. The lowest BCUT2D eigenvalue weighted by Gasteiger charge is -2.21. The first-order valence-electron chi connectivity index (χ1n) is 8.28. The van der Waals surface area contributed by atoms with E-state index in [1.807, 2.05) is 0 Å². The van der Waals surface area contributed by atoms with Gasteiger partial charge in [-0.3, -0.25) is 10.0 Å². The smallest absolute Gasteiger partial charge is 0.260 e. The van der Waals surface area contributed by atoms with Crippen LogP contribution in [0.4, 0.5) is 0 Å². The van der Waals surface area contributed by atoms with Gasteiger partial charge in [0.2, 0.25) is 0 Å². The predicted molar refractivity (Wildman–Crippen MR) is 94.9 cm³/mol. The Kier molecular flexibility index (Phi) is 5.30. The molecule has 2 rings (SSSR count). The molecule has 1 heterocycles. The number of nitrogens with one attached hydrogen (secondary N) is 1. The zero-order valence-corrected chi connectivity index (χ0v) is 15.2. The summed E-state index contributed by atoms with van der Waals surface area (Å²) in [6, 6.07) is 3.53. The number of nitrogens with two attached hydrogens (primary N) is 1. The van der Waals surface area contributed by atoms with Crippen LogP contribution in [0.5, 0.6) is 0 Å². The maximum Gasteiger partial charge on any atom is 0.260 e. The highest BCUT2D eigenvalue weighted by Gasteiger charge is 2.20. The number of aryl methyl sites for hydroxylation is 3. The number of hydrogen-bond acceptors (Lipinski definition) is 4. The second-order valence-corrected chi connectivity index (χ2v) is 7.72. The lowest BCUT2D eigenvalue weighted by molar-refractivity contribution is -0.130. The molecule has 6 heteroatoms. The molecule has 0 aliphatic carbocycles. The average Bonchev–Trinajstić information content (AvgIpc) is 2.80. The van der Waals surface area contributed by atoms with Gasteiger partial charge in [-0.1, -0.05) is 20.8 Å². The maximum atomic E-state index is 11.4. The quantitative estimate of drug-likeness (QED) is 0.579. The summed E-state index contributed by atoms with van der Waals surface area (Å²) in [6.07, 6.45) is 1.01. The van der Waals surface area contributed by atoms with Gasteiger partial charge in [0.15, 0.2) is 0 Å². The van der Waals surface area contributed by atoms with Crippen molar-refractivity contribution >= 4 is 16.9 Å². The molecule has 1 aromatic carbocycles. The molecule has 1 atom stereocenters. The third kappa shape index (κ3) is 4.13.